The van der Waals surface area contributed by atoms with Crippen LogP contribution in [0.5, 0.6) is 5.75 Å². The molecule has 1 aliphatic heterocycles. The Labute approximate surface area is 122 Å². The molecule has 0 amide bonds. The zero-order valence-corrected chi connectivity index (χ0v) is 12.8. The van der Waals surface area contributed by atoms with E-state index in [4.69, 9.17) is 4.74 Å². The zero-order chi connectivity index (χ0) is 14.4. The van der Waals surface area contributed by atoms with Gasteiger partial charge in [0.1, 0.15) is 5.75 Å². The summed E-state index contributed by atoms with van der Waals surface area (Å²) >= 11 is 0. The summed E-state index contributed by atoms with van der Waals surface area (Å²) in [5, 5.41) is 9.77. The Morgan fingerprint density at radius 2 is 1.90 bits per heavy atom. The van der Waals surface area contributed by atoms with Gasteiger partial charge < -0.3 is 9.84 Å². The van der Waals surface area contributed by atoms with E-state index in [-0.39, 0.29) is 0 Å². The first kappa shape index (κ1) is 15.3. The molecule has 1 atom stereocenters. The molecular weight excluding hydrogens is 250 g/mol. The van der Waals surface area contributed by atoms with Crippen molar-refractivity contribution in [2.24, 2.45) is 0 Å². The number of hydrogen-bond acceptors (Lipinski definition) is 3. The maximum Gasteiger partial charge on any atom is 0.123 e. The Kier molecular flexibility index (Phi) is 5.86. The second-order valence-electron chi connectivity index (χ2n) is 5.67. The Morgan fingerprint density at radius 3 is 2.50 bits per heavy atom. The first-order valence-electron chi connectivity index (χ1n) is 7.86. The zero-order valence-electron chi connectivity index (χ0n) is 12.8. The van der Waals surface area contributed by atoms with Gasteiger partial charge in [-0.15, -0.1) is 0 Å². The molecule has 0 bridgehead atoms. The van der Waals surface area contributed by atoms with E-state index in [1.807, 2.05) is 26.0 Å². The van der Waals surface area contributed by atoms with E-state index in [1.165, 1.54) is 44.3 Å². The quantitative estimate of drug-likeness (QED) is 0.894. The first-order valence-corrected chi connectivity index (χ1v) is 7.86. The van der Waals surface area contributed by atoms with E-state index in [0.717, 1.165) is 17.9 Å². The number of rotatable bonds is 5. The van der Waals surface area contributed by atoms with Crippen molar-refractivity contribution in [1.29, 1.82) is 0 Å². The maximum atomic E-state index is 9.77. The molecule has 20 heavy (non-hydrogen) atoms. The van der Waals surface area contributed by atoms with Crippen LogP contribution >= 0.6 is 0 Å². The second kappa shape index (κ2) is 7.65. The number of likely N-dealkylation sites (tertiary alicyclic amines) is 1. The predicted octanol–water partition coefficient (Wildman–Crippen LogP) is 3.51. The molecule has 1 aromatic rings. The standard InChI is InChI=1S/C17H27NO2/c1-3-20-17-9-8-15(14(2)19)12-16(17)13-18-10-6-4-5-7-11-18/h8-9,12,14,19H,3-7,10-11,13H2,1-2H3. The van der Waals surface area contributed by atoms with Crippen molar-refractivity contribution in [3.8, 4) is 5.75 Å². The summed E-state index contributed by atoms with van der Waals surface area (Å²) in [5.41, 5.74) is 2.17. The van der Waals surface area contributed by atoms with Gasteiger partial charge in [0.15, 0.2) is 0 Å². The molecular formula is C17H27NO2. The van der Waals surface area contributed by atoms with E-state index in [0.29, 0.717) is 6.61 Å². The van der Waals surface area contributed by atoms with Crippen LogP contribution in [0.4, 0.5) is 0 Å². The van der Waals surface area contributed by atoms with Crippen LogP contribution in [0.15, 0.2) is 18.2 Å². The lowest BCUT2D eigenvalue weighted by atomic mass is 10.1. The Hall–Kier alpha value is -1.06. The highest BCUT2D eigenvalue weighted by Crippen LogP contribution is 2.26. The molecule has 1 aliphatic rings. The van der Waals surface area contributed by atoms with Crippen molar-refractivity contribution in [3.05, 3.63) is 29.3 Å². The van der Waals surface area contributed by atoms with Gasteiger partial charge in [0.2, 0.25) is 0 Å². The second-order valence-corrected chi connectivity index (χ2v) is 5.67. The topological polar surface area (TPSA) is 32.7 Å². The molecule has 1 aromatic carbocycles. The minimum Gasteiger partial charge on any atom is -0.494 e. The summed E-state index contributed by atoms with van der Waals surface area (Å²) in [5.74, 6) is 0.959. The van der Waals surface area contributed by atoms with Crippen molar-refractivity contribution in [2.75, 3.05) is 19.7 Å². The van der Waals surface area contributed by atoms with Crippen LogP contribution in [-0.2, 0) is 6.54 Å². The summed E-state index contributed by atoms with van der Waals surface area (Å²) in [7, 11) is 0. The molecule has 0 aromatic heterocycles. The predicted molar refractivity (Wildman–Crippen MR) is 82.0 cm³/mol. The molecule has 3 heteroatoms. The molecule has 0 aliphatic carbocycles. The molecule has 1 unspecified atom stereocenters. The molecule has 1 N–H and O–H groups in total. The number of ether oxygens (including phenoxy) is 1. The molecule has 112 valence electrons. The van der Waals surface area contributed by atoms with Crippen LogP contribution in [0.25, 0.3) is 0 Å². The fourth-order valence-corrected chi connectivity index (χ4v) is 2.81. The molecule has 3 nitrogen and oxygen atoms in total. The first-order chi connectivity index (χ1) is 9.70. The number of aliphatic hydroxyl groups is 1. The summed E-state index contributed by atoms with van der Waals surface area (Å²) in [6.07, 6.45) is 4.86. The fourth-order valence-electron chi connectivity index (χ4n) is 2.81. The van der Waals surface area contributed by atoms with E-state index in [9.17, 15) is 5.11 Å². The third kappa shape index (κ3) is 4.22. The van der Waals surface area contributed by atoms with Gasteiger partial charge in [-0.1, -0.05) is 18.9 Å². The monoisotopic (exact) mass is 277 g/mol. The highest BCUT2D eigenvalue weighted by molar-refractivity contribution is 5.38. The molecule has 2 rings (SSSR count). The molecule has 1 fully saturated rings. The summed E-state index contributed by atoms with van der Waals surface area (Å²) in [4.78, 5) is 2.51. The van der Waals surface area contributed by atoms with Crippen LogP contribution in [0.3, 0.4) is 0 Å². The van der Waals surface area contributed by atoms with Gasteiger partial charge in [-0.05, 0) is 57.5 Å². The van der Waals surface area contributed by atoms with E-state index in [1.54, 1.807) is 0 Å². The number of nitrogens with zero attached hydrogens (tertiary/aromatic N) is 1. The highest BCUT2D eigenvalue weighted by Gasteiger charge is 2.14. The summed E-state index contributed by atoms with van der Waals surface area (Å²) in [6, 6.07) is 6.06. The molecule has 0 spiro atoms. The van der Waals surface area contributed by atoms with E-state index in [2.05, 4.69) is 11.0 Å². The average Bonchev–Trinajstić information content (AvgIpc) is 2.69. The van der Waals surface area contributed by atoms with Gasteiger partial charge in [0.25, 0.3) is 0 Å². The van der Waals surface area contributed by atoms with Crippen molar-refractivity contribution >= 4 is 0 Å². The summed E-state index contributed by atoms with van der Waals surface area (Å²) < 4.78 is 5.74. The van der Waals surface area contributed by atoms with Crippen LogP contribution in [0.1, 0.15) is 56.8 Å². The van der Waals surface area contributed by atoms with Gasteiger partial charge in [0, 0.05) is 12.1 Å². The number of hydrogen-bond donors (Lipinski definition) is 1. The smallest absolute Gasteiger partial charge is 0.123 e. The number of aliphatic hydroxyl groups excluding tert-OH is 1. The van der Waals surface area contributed by atoms with Crippen molar-refractivity contribution in [3.63, 3.8) is 0 Å². The molecule has 0 saturated carbocycles. The van der Waals surface area contributed by atoms with Gasteiger partial charge >= 0.3 is 0 Å². The van der Waals surface area contributed by atoms with E-state index < -0.39 is 6.10 Å². The normalized spacial score (nSPS) is 18.6. The lowest BCUT2D eigenvalue weighted by Gasteiger charge is -2.22. The average molecular weight is 277 g/mol. The SMILES string of the molecule is CCOc1ccc(C(C)O)cc1CN1CCCCCC1. The van der Waals surface area contributed by atoms with Gasteiger partial charge in [-0.3, -0.25) is 4.90 Å². The van der Waals surface area contributed by atoms with Crippen LogP contribution in [0.2, 0.25) is 0 Å². The van der Waals surface area contributed by atoms with Crippen molar-refractivity contribution < 1.29 is 9.84 Å². The van der Waals surface area contributed by atoms with Crippen LogP contribution in [0, 0.1) is 0 Å². The lowest BCUT2D eigenvalue weighted by molar-refractivity contribution is 0.198. The third-order valence-electron chi connectivity index (χ3n) is 3.96. The van der Waals surface area contributed by atoms with Gasteiger partial charge in [-0.25, -0.2) is 0 Å². The molecule has 1 heterocycles. The molecule has 0 radical (unpaired) electrons. The van der Waals surface area contributed by atoms with Gasteiger partial charge in [-0.2, -0.15) is 0 Å². The van der Waals surface area contributed by atoms with Crippen LogP contribution in [-0.4, -0.2) is 29.7 Å². The Balaban J connectivity index is 2.15. The fraction of sp³-hybridized carbons (Fsp3) is 0.647. The highest BCUT2D eigenvalue weighted by atomic mass is 16.5. The minimum atomic E-state index is -0.423. The number of benzene rings is 1. The van der Waals surface area contributed by atoms with E-state index >= 15 is 0 Å². The molecule has 1 saturated heterocycles. The van der Waals surface area contributed by atoms with Crippen molar-refractivity contribution in [1.82, 2.24) is 4.90 Å². The Morgan fingerprint density at radius 1 is 1.20 bits per heavy atom. The maximum absolute atomic E-state index is 9.77. The van der Waals surface area contributed by atoms with Crippen molar-refractivity contribution in [2.45, 2.75) is 52.2 Å². The summed E-state index contributed by atoms with van der Waals surface area (Å²) in [6.45, 7) is 7.77. The van der Waals surface area contributed by atoms with Crippen LogP contribution < -0.4 is 4.74 Å². The van der Waals surface area contributed by atoms with Gasteiger partial charge in [0.05, 0.1) is 12.7 Å². The third-order valence-corrected chi connectivity index (χ3v) is 3.96. The minimum absolute atomic E-state index is 0.423. The largest absolute Gasteiger partial charge is 0.494 e. The lowest BCUT2D eigenvalue weighted by Crippen LogP contribution is -2.24. The Bertz CT molecular complexity index is 409.